The van der Waals surface area contributed by atoms with Crippen molar-refractivity contribution < 1.29 is 19.4 Å². The minimum Gasteiger partial charge on any atom is -0.497 e. The number of carboxylic acids is 1. The number of carbonyl (C=O) groups is 2. The Kier molecular flexibility index (Phi) is 5.00. The first kappa shape index (κ1) is 13.0. The molecule has 1 aromatic carbocycles. The highest BCUT2D eigenvalue weighted by Gasteiger charge is 2.04. The van der Waals surface area contributed by atoms with Crippen LogP contribution in [0.4, 0.5) is 0 Å². The van der Waals surface area contributed by atoms with E-state index in [0.717, 1.165) is 11.3 Å². The molecular weight excluding hydrogens is 222 g/mol. The van der Waals surface area contributed by atoms with Crippen LogP contribution in [0.3, 0.4) is 0 Å². The number of rotatable bonds is 6. The summed E-state index contributed by atoms with van der Waals surface area (Å²) < 4.78 is 5.01. The molecule has 0 spiro atoms. The summed E-state index contributed by atoms with van der Waals surface area (Å²) in [5.74, 6) is -0.473. The van der Waals surface area contributed by atoms with Crippen molar-refractivity contribution in [2.24, 2.45) is 0 Å². The monoisotopic (exact) mass is 237 g/mol. The van der Waals surface area contributed by atoms with Gasteiger partial charge in [0.1, 0.15) is 5.75 Å². The van der Waals surface area contributed by atoms with Crippen LogP contribution in [0.1, 0.15) is 18.4 Å². The average Bonchev–Trinajstić information content (AvgIpc) is 2.34. The zero-order valence-corrected chi connectivity index (χ0v) is 9.60. The van der Waals surface area contributed by atoms with Crippen molar-refractivity contribution in [2.45, 2.75) is 19.4 Å². The lowest BCUT2D eigenvalue weighted by Crippen LogP contribution is -2.23. The van der Waals surface area contributed by atoms with E-state index in [4.69, 9.17) is 9.84 Å². The molecule has 0 radical (unpaired) electrons. The minimum absolute atomic E-state index is 0.00544. The van der Waals surface area contributed by atoms with Crippen LogP contribution >= 0.6 is 0 Å². The Morgan fingerprint density at radius 2 is 1.88 bits per heavy atom. The summed E-state index contributed by atoms with van der Waals surface area (Å²) in [7, 11) is 1.59. The molecule has 0 aromatic heterocycles. The van der Waals surface area contributed by atoms with E-state index in [1.165, 1.54) is 0 Å². The van der Waals surface area contributed by atoms with Crippen LogP contribution in [-0.2, 0) is 16.1 Å². The molecule has 0 aliphatic heterocycles. The molecule has 0 saturated carbocycles. The summed E-state index contributed by atoms with van der Waals surface area (Å²) in [6.07, 6.45) is -0.139. The first-order valence-corrected chi connectivity index (χ1v) is 5.23. The predicted octanol–water partition coefficient (Wildman–Crippen LogP) is 1.18. The van der Waals surface area contributed by atoms with Crippen LogP contribution in [0.2, 0.25) is 0 Å². The summed E-state index contributed by atoms with van der Waals surface area (Å²) >= 11 is 0. The number of aliphatic carboxylic acids is 1. The lowest BCUT2D eigenvalue weighted by Gasteiger charge is -2.05. The summed E-state index contributed by atoms with van der Waals surface area (Å²) in [6, 6.07) is 7.30. The average molecular weight is 237 g/mol. The van der Waals surface area contributed by atoms with Gasteiger partial charge in [0, 0.05) is 13.0 Å². The van der Waals surface area contributed by atoms with Crippen LogP contribution in [0, 0.1) is 0 Å². The SMILES string of the molecule is COc1ccc(CNC(=O)CCC(=O)O)cc1. The number of hydrogen-bond donors (Lipinski definition) is 2. The fourth-order valence-electron chi connectivity index (χ4n) is 1.25. The second-order valence-electron chi connectivity index (χ2n) is 3.52. The molecule has 0 bridgehead atoms. The highest BCUT2D eigenvalue weighted by molar-refractivity contribution is 5.80. The second-order valence-corrected chi connectivity index (χ2v) is 3.52. The van der Waals surface area contributed by atoms with Gasteiger partial charge in [0.15, 0.2) is 0 Å². The summed E-state index contributed by atoms with van der Waals surface area (Å²) in [4.78, 5) is 21.5. The van der Waals surface area contributed by atoms with Crippen LogP contribution in [0.5, 0.6) is 5.75 Å². The molecule has 0 saturated heterocycles. The number of nitrogens with one attached hydrogen (secondary N) is 1. The minimum atomic E-state index is -0.968. The number of hydrogen-bond acceptors (Lipinski definition) is 3. The van der Waals surface area contributed by atoms with E-state index in [-0.39, 0.29) is 18.7 Å². The topological polar surface area (TPSA) is 75.6 Å². The van der Waals surface area contributed by atoms with E-state index >= 15 is 0 Å². The first-order chi connectivity index (χ1) is 8.11. The van der Waals surface area contributed by atoms with Crippen LogP contribution in [-0.4, -0.2) is 24.1 Å². The standard InChI is InChI=1S/C12H15NO4/c1-17-10-4-2-9(3-5-10)8-13-11(14)6-7-12(15)16/h2-5H,6-8H2,1H3,(H,13,14)(H,15,16). The van der Waals surface area contributed by atoms with E-state index in [0.29, 0.717) is 6.54 Å². The Bertz CT molecular complexity index is 386. The number of carboxylic acid groups (broad SMARTS) is 1. The number of methoxy groups -OCH3 is 1. The molecule has 0 heterocycles. The zero-order chi connectivity index (χ0) is 12.7. The molecule has 92 valence electrons. The smallest absolute Gasteiger partial charge is 0.303 e. The molecule has 5 heteroatoms. The van der Waals surface area contributed by atoms with Crippen LogP contribution in [0.15, 0.2) is 24.3 Å². The lowest BCUT2D eigenvalue weighted by molar-refractivity contribution is -0.138. The van der Waals surface area contributed by atoms with Crippen molar-refractivity contribution >= 4 is 11.9 Å². The van der Waals surface area contributed by atoms with E-state index in [2.05, 4.69) is 5.32 Å². The van der Waals surface area contributed by atoms with E-state index in [1.54, 1.807) is 19.2 Å². The Morgan fingerprint density at radius 1 is 1.24 bits per heavy atom. The van der Waals surface area contributed by atoms with Gasteiger partial charge in [0.05, 0.1) is 13.5 Å². The second kappa shape index (κ2) is 6.52. The van der Waals surface area contributed by atoms with Gasteiger partial charge < -0.3 is 15.2 Å². The van der Waals surface area contributed by atoms with Gasteiger partial charge in [0.25, 0.3) is 0 Å². The molecule has 2 N–H and O–H groups in total. The number of carbonyl (C=O) groups excluding carboxylic acids is 1. The fourth-order valence-corrected chi connectivity index (χ4v) is 1.25. The third-order valence-electron chi connectivity index (χ3n) is 2.21. The molecule has 0 fully saturated rings. The number of benzene rings is 1. The maximum atomic E-state index is 11.2. The molecule has 0 unspecified atom stereocenters. The van der Waals surface area contributed by atoms with Crippen LogP contribution < -0.4 is 10.1 Å². The summed E-state index contributed by atoms with van der Waals surface area (Å²) in [6.45, 7) is 0.391. The summed E-state index contributed by atoms with van der Waals surface area (Å²) in [5, 5.41) is 11.1. The zero-order valence-electron chi connectivity index (χ0n) is 9.60. The van der Waals surface area contributed by atoms with Crippen LogP contribution in [0.25, 0.3) is 0 Å². The molecule has 0 aliphatic carbocycles. The Hall–Kier alpha value is -2.04. The first-order valence-electron chi connectivity index (χ1n) is 5.23. The quantitative estimate of drug-likeness (QED) is 0.778. The van der Waals surface area contributed by atoms with Crippen molar-refractivity contribution in [1.29, 1.82) is 0 Å². The molecular formula is C12H15NO4. The normalized spacial score (nSPS) is 9.71. The van der Waals surface area contributed by atoms with Gasteiger partial charge >= 0.3 is 5.97 Å². The van der Waals surface area contributed by atoms with Gasteiger partial charge in [0.2, 0.25) is 5.91 Å². The maximum Gasteiger partial charge on any atom is 0.303 e. The number of ether oxygens (including phenoxy) is 1. The van der Waals surface area contributed by atoms with E-state index < -0.39 is 5.97 Å². The molecule has 1 rings (SSSR count). The fraction of sp³-hybridized carbons (Fsp3) is 0.333. The third-order valence-corrected chi connectivity index (χ3v) is 2.21. The predicted molar refractivity (Wildman–Crippen MR) is 61.7 cm³/mol. The Morgan fingerprint density at radius 3 is 2.41 bits per heavy atom. The van der Waals surface area contributed by atoms with Gasteiger partial charge in [-0.05, 0) is 17.7 Å². The maximum absolute atomic E-state index is 11.2. The van der Waals surface area contributed by atoms with Gasteiger partial charge in [-0.25, -0.2) is 0 Å². The largest absolute Gasteiger partial charge is 0.497 e. The van der Waals surface area contributed by atoms with Gasteiger partial charge in [-0.2, -0.15) is 0 Å². The Labute approximate surface area is 99.4 Å². The van der Waals surface area contributed by atoms with Crippen molar-refractivity contribution in [2.75, 3.05) is 7.11 Å². The van der Waals surface area contributed by atoms with Crippen molar-refractivity contribution in [3.8, 4) is 5.75 Å². The molecule has 17 heavy (non-hydrogen) atoms. The highest BCUT2D eigenvalue weighted by atomic mass is 16.5. The molecule has 0 aliphatic rings. The van der Waals surface area contributed by atoms with Gasteiger partial charge in [-0.3, -0.25) is 9.59 Å². The van der Waals surface area contributed by atoms with E-state index in [9.17, 15) is 9.59 Å². The molecule has 5 nitrogen and oxygen atoms in total. The number of amides is 1. The summed E-state index contributed by atoms with van der Waals surface area (Å²) in [5.41, 5.74) is 0.939. The van der Waals surface area contributed by atoms with Crippen molar-refractivity contribution in [3.05, 3.63) is 29.8 Å². The Balaban J connectivity index is 2.34. The molecule has 1 amide bonds. The molecule has 0 atom stereocenters. The van der Waals surface area contributed by atoms with Crippen molar-refractivity contribution in [1.82, 2.24) is 5.32 Å². The van der Waals surface area contributed by atoms with E-state index in [1.807, 2.05) is 12.1 Å². The molecule has 1 aromatic rings. The van der Waals surface area contributed by atoms with Gasteiger partial charge in [-0.1, -0.05) is 12.1 Å². The highest BCUT2D eigenvalue weighted by Crippen LogP contribution is 2.10. The van der Waals surface area contributed by atoms with Gasteiger partial charge in [-0.15, -0.1) is 0 Å². The van der Waals surface area contributed by atoms with Crippen molar-refractivity contribution in [3.63, 3.8) is 0 Å². The lowest BCUT2D eigenvalue weighted by atomic mass is 10.2. The third kappa shape index (κ3) is 5.01.